The molecule has 5 rings (SSSR count). The number of hydrogen-bond donors (Lipinski definition) is 1. The average molecular weight is 398 g/mol. The van der Waals surface area contributed by atoms with Gasteiger partial charge in [0.1, 0.15) is 12.4 Å². The molecule has 0 saturated heterocycles. The van der Waals surface area contributed by atoms with E-state index in [1.54, 1.807) is 16.8 Å². The maximum Gasteiger partial charge on any atom is 0.251 e. The van der Waals surface area contributed by atoms with Crippen molar-refractivity contribution in [3.63, 3.8) is 0 Å². The van der Waals surface area contributed by atoms with Gasteiger partial charge in [-0.15, -0.1) is 0 Å². The third-order valence-corrected chi connectivity index (χ3v) is 5.74. The highest BCUT2D eigenvalue weighted by molar-refractivity contribution is 5.95. The minimum absolute atomic E-state index is 0.103. The van der Waals surface area contributed by atoms with E-state index in [-0.39, 0.29) is 11.9 Å². The van der Waals surface area contributed by atoms with E-state index in [0.29, 0.717) is 29.0 Å². The van der Waals surface area contributed by atoms with Gasteiger partial charge < -0.3 is 5.32 Å². The second-order valence-electron chi connectivity index (χ2n) is 8.18. The molecule has 0 unspecified atom stereocenters. The van der Waals surface area contributed by atoms with Crippen LogP contribution >= 0.6 is 0 Å². The molecule has 7 nitrogen and oxygen atoms in total. The van der Waals surface area contributed by atoms with Crippen LogP contribution in [0.1, 0.15) is 83.4 Å². The first-order valence-electron chi connectivity index (χ1n) is 10.3. The summed E-state index contributed by atoms with van der Waals surface area (Å²) in [7, 11) is 0. The molecule has 2 fully saturated rings. The average Bonchev–Trinajstić information content (AvgIpc) is 3.70. The molecule has 0 aliphatic heterocycles. The van der Waals surface area contributed by atoms with E-state index in [4.69, 9.17) is 5.26 Å². The first-order valence-corrected chi connectivity index (χ1v) is 10.3. The van der Waals surface area contributed by atoms with E-state index in [0.717, 1.165) is 5.56 Å². The minimum Gasteiger partial charge on any atom is -0.342 e. The van der Waals surface area contributed by atoms with Crippen molar-refractivity contribution in [3.05, 3.63) is 70.9 Å². The van der Waals surface area contributed by atoms with E-state index >= 15 is 0 Å². The summed E-state index contributed by atoms with van der Waals surface area (Å²) in [6.45, 7) is 1.88. The fourth-order valence-corrected chi connectivity index (χ4v) is 3.76. The first kappa shape index (κ1) is 18.5. The zero-order valence-corrected chi connectivity index (χ0v) is 16.7. The zero-order valence-electron chi connectivity index (χ0n) is 16.7. The normalized spacial score (nSPS) is 16.7. The SMILES string of the molecule is C[C@H](NC(=O)c1cc(C2CC2)cc(C2CC2)c1)c1ncnn1-c1ccc(C#N)cn1. The minimum atomic E-state index is -0.355. The van der Waals surface area contributed by atoms with Crippen LogP contribution in [0, 0.1) is 11.3 Å². The van der Waals surface area contributed by atoms with Crippen molar-refractivity contribution in [2.45, 2.75) is 50.5 Å². The van der Waals surface area contributed by atoms with Gasteiger partial charge in [-0.2, -0.15) is 15.0 Å². The van der Waals surface area contributed by atoms with E-state index in [9.17, 15) is 4.79 Å². The number of carbonyl (C=O) groups is 1. The number of pyridine rings is 1. The Bertz CT molecular complexity index is 1100. The Hall–Kier alpha value is -3.53. The number of rotatable bonds is 6. The van der Waals surface area contributed by atoms with E-state index in [1.807, 2.05) is 25.1 Å². The van der Waals surface area contributed by atoms with Crippen LogP contribution in [0.25, 0.3) is 5.82 Å². The molecule has 0 radical (unpaired) electrons. The van der Waals surface area contributed by atoms with E-state index in [2.05, 4.69) is 26.4 Å². The molecule has 0 spiro atoms. The van der Waals surface area contributed by atoms with Gasteiger partial charge in [0, 0.05) is 11.8 Å². The number of nitrogens with zero attached hydrogens (tertiary/aromatic N) is 5. The molecule has 2 aliphatic carbocycles. The number of nitriles is 1. The molecular formula is C23H22N6O. The number of nitrogens with one attached hydrogen (secondary N) is 1. The molecule has 30 heavy (non-hydrogen) atoms. The van der Waals surface area contributed by atoms with Gasteiger partial charge in [-0.05, 0) is 79.8 Å². The van der Waals surface area contributed by atoms with Crippen LogP contribution in [-0.2, 0) is 0 Å². The molecule has 1 amide bonds. The summed E-state index contributed by atoms with van der Waals surface area (Å²) in [5, 5.41) is 16.3. The lowest BCUT2D eigenvalue weighted by Crippen LogP contribution is -2.29. The molecule has 7 heteroatoms. The maximum atomic E-state index is 13.1. The molecule has 2 saturated carbocycles. The number of amides is 1. The molecule has 0 bridgehead atoms. The smallest absolute Gasteiger partial charge is 0.251 e. The fraction of sp³-hybridized carbons (Fsp3) is 0.348. The molecule has 1 N–H and O–H groups in total. The Morgan fingerprint density at radius 2 is 1.83 bits per heavy atom. The molecular weight excluding hydrogens is 376 g/mol. The molecule has 2 heterocycles. The van der Waals surface area contributed by atoms with Crippen LogP contribution in [-0.4, -0.2) is 25.7 Å². The molecule has 2 aliphatic rings. The molecule has 1 atom stereocenters. The Morgan fingerprint density at radius 1 is 1.13 bits per heavy atom. The van der Waals surface area contributed by atoms with Crippen molar-refractivity contribution in [2.75, 3.05) is 0 Å². The van der Waals surface area contributed by atoms with Crippen molar-refractivity contribution in [2.24, 2.45) is 0 Å². The van der Waals surface area contributed by atoms with Crippen LogP contribution in [0.4, 0.5) is 0 Å². The Balaban J connectivity index is 1.37. The third kappa shape index (κ3) is 3.69. The lowest BCUT2D eigenvalue weighted by molar-refractivity contribution is 0.0937. The van der Waals surface area contributed by atoms with Crippen LogP contribution in [0.5, 0.6) is 0 Å². The number of benzene rings is 1. The monoisotopic (exact) mass is 398 g/mol. The summed E-state index contributed by atoms with van der Waals surface area (Å²) in [6.07, 6.45) is 7.79. The van der Waals surface area contributed by atoms with Crippen LogP contribution in [0.3, 0.4) is 0 Å². The second-order valence-corrected chi connectivity index (χ2v) is 8.18. The van der Waals surface area contributed by atoms with Crippen molar-refractivity contribution >= 4 is 5.91 Å². The summed E-state index contributed by atoms with van der Waals surface area (Å²) >= 11 is 0. The number of aromatic nitrogens is 4. The highest BCUT2D eigenvalue weighted by Crippen LogP contribution is 2.45. The van der Waals surface area contributed by atoms with Crippen molar-refractivity contribution in [1.82, 2.24) is 25.1 Å². The van der Waals surface area contributed by atoms with Crippen molar-refractivity contribution in [1.29, 1.82) is 5.26 Å². The maximum absolute atomic E-state index is 13.1. The highest BCUT2D eigenvalue weighted by atomic mass is 16.1. The summed E-state index contributed by atoms with van der Waals surface area (Å²) in [6, 6.07) is 11.5. The Kier molecular flexibility index (Phi) is 4.55. The summed E-state index contributed by atoms with van der Waals surface area (Å²) in [5.74, 6) is 2.25. The van der Waals surface area contributed by atoms with Crippen molar-refractivity contribution < 1.29 is 4.79 Å². The van der Waals surface area contributed by atoms with Gasteiger partial charge in [-0.1, -0.05) is 6.07 Å². The van der Waals surface area contributed by atoms with Gasteiger partial charge in [-0.25, -0.2) is 9.97 Å². The quantitative estimate of drug-likeness (QED) is 0.682. The predicted octanol–water partition coefficient (Wildman–Crippen LogP) is 3.78. The fourth-order valence-electron chi connectivity index (χ4n) is 3.76. The molecule has 1 aromatic carbocycles. The zero-order chi connectivity index (χ0) is 20.7. The van der Waals surface area contributed by atoms with Gasteiger partial charge in [0.25, 0.3) is 5.91 Å². The summed E-state index contributed by atoms with van der Waals surface area (Å²) in [5.41, 5.74) is 3.78. The Morgan fingerprint density at radius 3 is 2.40 bits per heavy atom. The lowest BCUT2D eigenvalue weighted by Gasteiger charge is -2.15. The lowest BCUT2D eigenvalue weighted by atomic mass is 9.99. The van der Waals surface area contributed by atoms with E-state index in [1.165, 1.54) is 49.3 Å². The predicted molar refractivity (Wildman–Crippen MR) is 110 cm³/mol. The molecule has 150 valence electrons. The largest absolute Gasteiger partial charge is 0.342 e. The van der Waals surface area contributed by atoms with Gasteiger partial charge >= 0.3 is 0 Å². The third-order valence-electron chi connectivity index (χ3n) is 5.74. The van der Waals surface area contributed by atoms with Gasteiger partial charge in [-0.3, -0.25) is 4.79 Å². The standard InChI is InChI=1S/C23H22N6O/c1-14(22-26-13-27-29(22)21-7-2-15(11-24)12-25-21)28-23(30)20-9-18(16-3-4-16)8-19(10-20)17-5-6-17/h2,7-10,12-14,16-17H,3-6H2,1H3,(H,28,30)/t14-/m0/s1. The van der Waals surface area contributed by atoms with E-state index < -0.39 is 0 Å². The van der Waals surface area contributed by atoms with Crippen LogP contribution in [0.15, 0.2) is 42.9 Å². The summed E-state index contributed by atoms with van der Waals surface area (Å²) in [4.78, 5) is 21.7. The topological polar surface area (TPSA) is 96.5 Å². The van der Waals surface area contributed by atoms with Crippen molar-refractivity contribution in [3.8, 4) is 11.9 Å². The van der Waals surface area contributed by atoms with Gasteiger partial charge in [0.05, 0.1) is 11.6 Å². The summed E-state index contributed by atoms with van der Waals surface area (Å²) < 4.78 is 1.59. The first-order chi connectivity index (χ1) is 14.6. The number of carbonyl (C=O) groups excluding carboxylic acids is 1. The second kappa shape index (κ2) is 7.38. The highest BCUT2D eigenvalue weighted by Gasteiger charge is 2.29. The van der Waals surface area contributed by atoms with Gasteiger partial charge in [0.15, 0.2) is 11.6 Å². The molecule has 3 aromatic rings. The van der Waals surface area contributed by atoms with Gasteiger partial charge in [0.2, 0.25) is 0 Å². The van der Waals surface area contributed by atoms with Crippen LogP contribution < -0.4 is 5.32 Å². The Labute approximate surface area is 174 Å². The van der Waals surface area contributed by atoms with Crippen LogP contribution in [0.2, 0.25) is 0 Å². The molecule has 2 aromatic heterocycles. The number of hydrogen-bond acceptors (Lipinski definition) is 5.